The fraction of sp³-hybridized carbons (Fsp3) is 0.364. The van der Waals surface area contributed by atoms with E-state index in [1.54, 1.807) is 11.0 Å². The third kappa shape index (κ3) is 2.89. The molecule has 2 aliphatic heterocycles. The van der Waals surface area contributed by atoms with Crippen LogP contribution in [0.25, 0.3) is 10.9 Å². The molecular formula is C22H23N3O3. The molecule has 6 nitrogen and oxygen atoms in total. The number of furan rings is 1. The number of rotatable bonds is 2. The van der Waals surface area contributed by atoms with Gasteiger partial charge in [-0.05, 0) is 25.0 Å². The van der Waals surface area contributed by atoms with Crippen molar-refractivity contribution in [3.63, 3.8) is 0 Å². The van der Waals surface area contributed by atoms with Crippen molar-refractivity contribution in [2.24, 2.45) is 5.92 Å². The van der Waals surface area contributed by atoms with Gasteiger partial charge in [-0.2, -0.15) is 0 Å². The number of piperidine rings is 1. The largest absolute Gasteiger partial charge is 0.472 e. The van der Waals surface area contributed by atoms with Crippen molar-refractivity contribution in [1.29, 1.82) is 0 Å². The highest BCUT2D eigenvalue weighted by Crippen LogP contribution is 2.29. The van der Waals surface area contributed by atoms with Crippen molar-refractivity contribution in [3.05, 3.63) is 59.7 Å². The Morgan fingerprint density at radius 1 is 1.11 bits per heavy atom. The Hall–Kier alpha value is -3.02. The quantitative estimate of drug-likeness (QED) is 0.746. The molecule has 4 heterocycles. The minimum Gasteiger partial charge on any atom is -0.472 e. The molecule has 6 heteroatoms. The maximum atomic E-state index is 13.2. The predicted octanol–water partition coefficient (Wildman–Crippen LogP) is 3.20. The zero-order valence-corrected chi connectivity index (χ0v) is 15.7. The molecule has 0 saturated carbocycles. The van der Waals surface area contributed by atoms with E-state index in [0.29, 0.717) is 25.2 Å². The van der Waals surface area contributed by atoms with Crippen LogP contribution in [0.3, 0.4) is 0 Å². The predicted molar refractivity (Wildman–Crippen MR) is 105 cm³/mol. The minimum atomic E-state index is -0.128. The summed E-state index contributed by atoms with van der Waals surface area (Å²) < 4.78 is 5.03. The molecule has 1 atom stereocenters. The van der Waals surface area contributed by atoms with E-state index in [4.69, 9.17) is 4.42 Å². The standard InChI is InChI=1S/C22H23N3O3/c26-21(15-4-3-9-24(12-15)22(27)16-8-11-28-14-16)25-10-7-20-18(13-25)17-5-1-2-6-19(17)23-20/h1-2,5-6,8,11,14-15,23H,3-4,7,9-10,12-13H2/t15-/m0/s1. The molecular weight excluding hydrogens is 354 g/mol. The van der Waals surface area contributed by atoms with Crippen LogP contribution in [0, 0.1) is 5.92 Å². The normalized spacial score (nSPS) is 19.6. The lowest BCUT2D eigenvalue weighted by Crippen LogP contribution is -2.47. The van der Waals surface area contributed by atoms with Crippen LogP contribution >= 0.6 is 0 Å². The highest BCUT2D eigenvalue weighted by Gasteiger charge is 2.33. The summed E-state index contributed by atoms with van der Waals surface area (Å²) in [5.41, 5.74) is 4.16. The van der Waals surface area contributed by atoms with Gasteiger partial charge in [0.25, 0.3) is 5.91 Å². The van der Waals surface area contributed by atoms with Crippen molar-refractivity contribution in [3.8, 4) is 0 Å². The highest BCUT2D eigenvalue weighted by atomic mass is 16.3. The van der Waals surface area contributed by atoms with E-state index >= 15 is 0 Å². The summed E-state index contributed by atoms with van der Waals surface area (Å²) in [6, 6.07) is 9.94. The Balaban J connectivity index is 1.32. The van der Waals surface area contributed by atoms with E-state index in [1.807, 2.05) is 17.0 Å². The number of nitrogens with one attached hydrogen (secondary N) is 1. The molecule has 1 aromatic carbocycles. The van der Waals surface area contributed by atoms with Crippen LogP contribution in [0.1, 0.15) is 34.5 Å². The first kappa shape index (κ1) is 17.1. The lowest BCUT2D eigenvalue weighted by Gasteiger charge is -2.36. The van der Waals surface area contributed by atoms with Gasteiger partial charge in [0.15, 0.2) is 0 Å². The third-order valence-corrected chi connectivity index (χ3v) is 6.02. The van der Waals surface area contributed by atoms with Gasteiger partial charge in [-0.15, -0.1) is 0 Å². The number of hydrogen-bond acceptors (Lipinski definition) is 3. The van der Waals surface area contributed by atoms with Gasteiger partial charge in [-0.25, -0.2) is 0 Å². The van der Waals surface area contributed by atoms with Crippen molar-refractivity contribution in [1.82, 2.24) is 14.8 Å². The molecule has 0 unspecified atom stereocenters. The van der Waals surface area contributed by atoms with E-state index in [9.17, 15) is 9.59 Å². The van der Waals surface area contributed by atoms with Crippen LogP contribution in [-0.4, -0.2) is 46.2 Å². The molecule has 1 fully saturated rings. The first-order chi connectivity index (χ1) is 13.7. The summed E-state index contributed by atoms with van der Waals surface area (Å²) in [5, 5.41) is 1.20. The van der Waals surface area contributed by atoms with Crippen molar-refractivity contribution < 1.29 is 14.0 Å². The molecule has 0 radical (unpaired) electrons. The number of H-pyrrole nitrogens is 1. The van der Waals surface area contributed by atoms with Gasteiger partial charge in [0.1, 0.15) is 6.26 Å². The van der Waals surface area contributed by atoms with Crippen molar-refractivity contribution in [2.75, 3.05) is 19.6 Å². The first-order valence-electron chi connectivity index (χ1n) is 9.89. The summed E-state index contributed by atoms with van der Waals surface area (Å²) in [4.78, 5) is 33.1. The maximum Gasteiger partial charge on any atom is 0.257 e. The second-order valence-corrected chi connectivity index (χ2v) is 7.74. The van der Waals surface area contributed by atoms with Gasteiger partial charge < -0.3 is 19.2 Å². The van der Waals surface area contributed by atoms with Gasteiger partial charge in [-0.1, -0.05) is 18.2 Å². The number of likely N-dealkylation sites (tertiary alicyclic amines) is 1. The molecule has 1 saturated heterocycles. The minimum absolute atomic E-state index is 0.0520. The average Bonchev–Trinajstić information content (AvgIpc) is 3.40. The Morgan fingerprint density at radius 3 is 2.86 bits per heavy atom. The molecule has 144 valence electrons. The number of para-hydroxylation sites is 1. The number of amides is 2. The fourth-order valence-corrected chi connectivity index (χ4v) is 4.54. The van der Waals surface area contributed by atoms with Crippen LogP contribution in [0.5, 0.6) is 0 Å². The number of hydrogen-bond donors (Lipinski definition) is 1. The van der Waals surface area contributed by atoms with E-state index in [0.717, 1.165) is 31.3 Å². The Labute approximate surface area is 163 Å². The SMILES string of the molecule is O=C(c1ccoc1)N1CCC[C@H](C(=O)N2CCc3[nH]c4ccccc4c3C2)C1. The summed E-state index contributed by atoms with van der Waals surface area (Å²) in [7, 11) is 0. The number of aromatic nitrogens is 1. The Kier molecular flexibility index (Phi) is 4.19. The lowest BCUT2D eigenvalue weighted by molar-refractivity contribution is -0.137. The summed E-state index contributed by atoms with van der Waals surface area (Å²) in [6.45, 7) is 2.55. The Bertz CT molecular complexity index is 1020. The van der Waals surface area contributed by atoms with Gasteiger partial charge in [0.05, 0.1) is 17.7 Å². The van der Waals surface area contributed by atoms with Gasteiger partial charge in [0, 0.05) is 54.8 Å². The topological polar surface area (TPSA) is 69.6 Å². The van der Waals surface area contributed by atoms with Crippen LogP contribution < -0.4 is 0 Å². The number of benzene rings is 1. The molecule has 0 spiro atoms. The summed E-state index contributed by atoms with van der Waals surface area (Å²) >= 11 is 0. The molecule has 1 N–H and O–H groups in total. The molecule has 2 aromatic heterocycles. The first-order valence-corrected chi connectivity index (χ1v) is 9.89. The van der Waals surface area contributed by atoms with E-state index in [1.165, 1.54) is 29.2 Å². The van der Waals surface area contributed by atoms with E-state index in [2.05, 4.69) is 17.1 Å². The maximum absolute atomic E-state index is 13.2. The second-order valence-electron chi connectivity index (χ2n) is 7.74. The highest BCUT2D eigenvalue weighted by molar-refractivity contribution is 5.94. The molecule has 3 aromatic rings. The zero-order valence-electron chi connectivity index (χ0n) is 15.7. The summed E-state index contributed by atoms with van der Waals surface area (Å²) in [6.07, 6.45) is 5.51. The number of carbonyl (C=O) groups is 2. The molecule has 28 heavy (non-hydrogen) atoms. The number of fused-ring (bicyclic) bond motifs is 3. The fourth-order valence-electron chi connectivity index (χ4n) is 4.54. The van der Waals surface area contributed by atoms with Crippen LogP contribution in [-0.2, 0) is 17.8 Å². The third-order valence-electron chi connectivity index (χ3n) is 6.02. The molecule has 0 bridgehead atoms. The lowest BCUT2D eigenvalue weighted by atomic mass is 9.94. The monoisotopic (exact) mass is 377 g/mol. The van der Waals surface area contributed by atoms with Crippen LogP contribution in [0.4, 0.5) is 0 Å². The second kappa shape index (κ2) is 6.86. The van der Waals surface area contributed by atoms with Gasteiger partial charge in [-0.3, -0.25) is 9.59 Å². The smallest absolute Gasteiger partial charge is 0.257 e. The average molecular weight is 377 g/mol. The van der Waals surface area contributed by atoms with Gasteiger partial charge >= 0.3 is 0 Å². The summed E-state index contributed by atoms with van der Waals surface area (Å²) in [5.74, 6) is -0.0132. The number of carbonyl (C=O) groups excluding carboxylic acids is 2. The van der Waals surface area contributed by atoms with Crippen LogP contribution in [0.15, 0.2) is 47.3 Å². The van der Waals surface area contributed by atoms with Crippen molar-refractivity contribution >= 4 is 22.7 Å². The number of nitrogens with zero attached hydrogens (tertiary/aromatic N) is 2. The zero-order chi connectivity index (χ0) is 19.1. The Morgan fingerprint density at radius 2 is 2.00 bits per heavy atom. The molecule has 2 aliphatic rings. The van der Waals surface area contributed by atoms with Crippen LogP contribution in [0.2, 0.25) is 0 Å². The molecule has 2 amide bonds. The van der Waals surface area contributed by atoms with Gasteiger partial charge in [0.2, 0.25) is 5.91 Å². The number of aromatic amines is 1. The van der Waals surface area contributed by atoms with E-state index < -0.39 is 0 Å². The molecule has 5 rings (SSSR count). The van der Waals surface area contributed by atoms with E-state index in [-0.39, 0.29) is 17.7 Å². The van der Waals surface area contributed by atoms with Crippen molar-refractivity contribution in [2.45, 2.75) is 25.8 Å². The molecule has 0 aliphatic carbocycles.